The molecule has 0 bridgehead atoms. The Morgan fingerprint density at radius 2 is 1.07 bits per heavy atom. The van der Waals surface area contributed by atoms with E-state index in [0.717, 1.165) is 25.2 Å². The Balaban J connectivity index is 3.88. The summed E-state index contributed by atoms with van der Waals surface area (Å²) in [5, 5.41) is 23.0. The third-order valence-electron chi connectivity index (χ3n) is 8.60. The summed E-state index contributed by atoms with van der Waals surface area (Å²) in [6.07, 6.45) is 33.6. The maximum absolute atomic E-state index is 12.5. The number of aliphatic hydroxyl groups is 2. The summed E-state index contributed by atoms with van der Waals surface area (Å²) >= 11 is 0. The van der Waals surface area contributed by atoms with E-state index in [1.165, 1.54) is 128 Å². The van der Waals surface area contributed by atoms with Crippen LogP contribution in [0.25, 0.3) is 0 Å². The maximum atomic E-state index is 12.5. The van der Waals surface area contributed by atoms with Gasteiger partial charge >= 0.3 is 0 Å². The Bertz CT molecular complexity index is 564. The van der Waals surface area contributed by atoms with E-state index in [2.05, 4.69) is 38.2 Å². The molecule has 0 aromatic heterocycles. The quantitative estimate of drug-likeness (QED) is 0.0599. The number of unbranched alkanes of at least 4 members (excludes halogenated alkanes) is 18. The van der Waals surface area contributed by atoms with Gasteiger partial charge in [-0.05, 0) is 31.1 Å². The molecule has 2 unspecified atom stereocenters. The number of amides is 1. The Morgan fingerprint density at radius 1 is 0.650 bits per heavy atom. The van der Waals surface area contributed by atoms with Crippen LogP contribution in [-0.4, -0.2) is 34.9 Å². The van der Waals surface area contributed by atoms with E-state index in [9.17, 15) is 15.0 Å². The van der Waals surface area contributed by atoms with Gasteiger partial charge in [-0.25, -0.2) is 0 Å². The summed E-state index contributed by atoms with van der Waals surface area (Å²) in [4.78, 5) is 12.5. The van der Waals surface area contributed by atoms with Gasteiger partial charge < -0.3 is 15.5 Å². The van der Waals surface area contributed by atoms with Gasteiger partial charge in [-0.3, -0.25) is 4.79 Å². The minimum absolute atomic E-state index is 0.0397. The standard InChI is InChI=1S/C36H71NO3/c1-5-7-9-11-13-14-15-16-17-19-21-26-30-35(39)36(40)37-34(31-38)33(4)29-25-22-24-28-32(3)27-23-20-18-12-10-8-6-2/h25,29,32-35,38-39H,5-24,26-28,30-31H2,1-4H3,(H,37,40)/b29-25+/t32?,33-,34+,35?/m1/s1. The fourth-order valence-corrected chi connectivity index (χ4v) is 5.56. The van der Waals surface area contributed by atoms with E-state index in [1.807, 2.05) is 6.92 Å². The van der Waals surface area contributed by atoms with Gasteiger partial charge in [0, 0.05) is 0 Å². The molecule has 0 radical (unpaired) electrons. The normalized spacial score (nSPS) is 14.8. The van der Waals surface area contributed by atoms with Crippen LogP contribution < -0.4 is 5.32 Å². The van der Waals surface area contributed by atoms with E-state index >= 15 is 0 Å². The number of hydrogen-bond donors (Lipinski definition) is 3. The molecule has 0 aliphatic rings. The van der Waals surface area contributed by atoms with Crippen LogP contribution in [0.4, 0.5) is 0 Å². The highest BCUT2D eigenvalue weighted by Crippen LogP contribution is 2.18. The number of carbonyl (C=O) groups excluding carboxylic acids is 1. The van der Waals surface area contributed by atoms with Crippen molar-refractivity contribution < 1.29 is 15.0 Å². The second kappa shape index (κ2) is 29.6. The van der Waals surface area contributed by atoms with E-state index in [4.69, 9.17) is 0 Å². The third kappa shape index (κ3) is 24.9. The van der Waals surface area contributed by atoms with Crippen LogP contribution in [0.15, 0.2) is 12.2 Å². The summed E-state index contributed by atoms with van der Waals surface area (Å²) in [5.74, 6) is 0.483. The molecule has 4 nitrogen and oxygen atoms in total. The third-order valence-corrected chi connectivity index (χ3v) is 8.60. The van der Waals surface area contributed by atoms with Crippen molar-refractivity contribution in [3.63, 3.8) is 0 Å². The van der Waals surface area contributed by atoms with Crippen molar-refractivity contribution in [1.82, 2.24) is 5.32 Å². The first-order valence-corrected chi connectivity index (χ1v) is 17.7. The molecule has 0 heterocycles. The summed E-state index contributed by atoms with van der Waals surface area (Å²) in [6.45, 7) is 8.82. The first-order valence-electron chi connectivity index (χ1n) is 17.7. The van der Waals surface area contributed by atoms with E-state index < -0.39 is 6.10 Å². The van der Waals surface area contributed by atoms with Crippen molar-refractivity contribution >= 4 is 5.91 Å². The zero-order valence-corrected chi connectivity index (χ0v) is 27.4. The first kappa shape index (κ1) is 39.1. The van der Waals surface area contributed by atoms with E-state index in [0.29, 0.717) is 6.42 Å². The molecule has 4 atom stereocenters. The molecule has 0 aliphatic heterocycles. The first-order chi connectivity index (χ1) is 19.5. The average molecular weight is 566 g/mol. The molecule has 0 aliphatic carbocycles. The Morgan fingerprint density at radius 3 is 1.55 bits per heavy atom. The number of nitrogens with one attached hydrogen (secondary N) is 1. The van der Waals surface area contributed by atoms with Crippen LogP contribution in [0.2, 0.25) is 0 Å². The van der Waals surface area contributed by atoms with Gasteiger partial charge in [0.1, 0.15) is 6.10 Å². The summed E-state index contributed by atoms with van der Waals surface area (Å²) in [6, 6.07) is -0.350. The Hall–Kier alpha value is -0.870. The van der Waals surface area contributed by atoms with Gasteiger partial charge in [0.05, 0.1) is 12.6 Å². The van der Waals surface area contributed by atoms with Crippen molar-refractivity contribution in [3.05, 3.63) is 12.2 Å². The molecular formula is C36H71NO3. The summed E-state index contributed by atoms with van der Waals surface area (Å²) < 4.78 is 0. The zero-order valence-electron chi connectivity index (χ0n) is 27.4. The number of aliphatic hydroxyl groups excluding tert-OH is 2. The van der Waals surface area contributed by atoms with Crippen molar-refractivity contribution in [2.75, 3.05) is 6.61 Å². The summed E-state index contributed by atoms with van der Waals surface area (Å²) in [5.41, 5.74) is 0. The molecule has 40 heavy (non-hydrogen) atoms. The lowest BCUT2D eigenvalue weighted by Gasteiger charge is -2.22. The minimum atomic E-state index is -0.980. The largest absolute Gasteiger partial charge is 0.394 e. The zero-order chi connectivity index (χ0) is 29.7. The van der Waals surface area contributed by atoms with E-state index in [1.54, 1.807) is 0 Å². The number of rotatable bonds is 30. The molecule has 238 valence electrons. The van der Waals surface area contributed by atoms with Crippen LogP contribution >= 0.6 is 0 Å². The van der Waals surface area contributed by atoms with Crippen molar-refractivity contribution in [1.29, 1.82) is 0 Å². The SMILES string of the molecule is CCCCCCCCCCCCCCC(O)C(=O)N[C@@H](CO)[C@H](C)/C=C/CCCC(C)CCCCCCCCC. The van der Waals surface area contributed by atoms with Crippen LogP contribution in [0.5, 0.6) is 0 Å². The van der Waals surface area contributed by atoms with Gasteiger partial charge in [-0.15, -0.1) is 0 Å². The Labute approximate surface area is 250 Å². The highest BCUT2D eigenvalue weighted by molar-refractivity contribution is 5.80. The molecular weight excluding hydrogens is 494 g/mol. The molecule has 0 aromatic carbocycles. The molecule has 3 N–H and O–H groups in total. The van der Waals surface area contributed by atoms with Crippen LogP contribution in [0.3, 0.4) is 0 Å². The fraction of sp³-hybridized carbons (Fsp3) is 0.917. The van der Waals surface area contributed by atoms with Gasteiger partial charge in [0.15, 0.2) is 0 Å². The van der Waals surface area contributed by atoms with Crippen molar-refractivity contribution in [2.45, 2.75) is 194 Å². The van der Waals surface area contributed by atoms with Gasteiger partial charge in [-0.1, -0.05) is 175 Å². The predicted octanol–water partition coefficient (Wildman–Crippen LogP) is 10.1. The number of carbonyl (C=O) groups is 1. The minimum Gasteiger partial charge on any atom is -0.394 e. The monoisotopic (exact) mass is 566 g/mol. The predicted molar refractivity (Wildman–Crippen MR) is 175 cm³/mol. The molecule has 4 heteroatoms. The molecule has 0 fully saturated rings. The smallest absolute Gasteiger partial charge is 0.249 e. The second-order valence-electron chi connectivity index (χ2n) is 12.7. The molecule has 1 amide bonds. The molecule has 0 rings (SSSR count). The molecule has 0 aromatic rings. The highest BCUT2D eigenvalue weighted by atomic mass is 16.3. The van der Waals surface area contributed by atoms with Crippen LogP contribution in [-0.2, 0) is 4.79 Å². The molecule has 0 saturated heterocycles. The van der Waals surface area contributed by atoms with Gasteiger partial charge in [0.2, 0.25) is 5.91 Å². The lowest BCUT2D eigenvalue weighted by atomic mass is 9.96. The van der Waals surface area contributed by atoms with Crippen molar-refractivity contribution in [2.24, 2.45) is 11.8 Å². The fourth-order valence-electron chi connectivity index (χ4n) is 5.56. The van der Waals surface area contributed by atoms with E-state index in [-0.39, 0.29) is 24.5 Å². The van der Waals surface area contributed by atoms with Crippen molar-refractivity contribution in [3.8, 4) is 0 Å². The highest BCUT2D eigenvalue weighted by Gasteiger charge is 2.21. The number of hydrogen-bond acceptors (Lipinski definition) is 3. The van der Waals surface area contributed by atoms with Crippen LogP contribution in [0, 0.1) is 11.8 Å². The lowest BCUT2D eigenvalue weighted by molar-refractivity contribution is -0.131. The number of allylic oxidation sites excluding steroid dienone is 1. The lowest BCUT2D eigenvalue weighted by Crippen LogP contribution is -2.46. The maximum Gasteiger partial charge on any atom is 0.249 e. The van der Waals surface area contributed by atoms with Gasteiger partial charge in [0.25, 0.3) is 0 Å². The Kier molecular flexibility index (Phi) is 29.0. The molecule has 0 spiro atoms. The van der Waals surface area contributed by atoms with Gasteiger partial charge in [-0.2, -0.15) is 0 Å². The summed E-state index contributed by atoms with van der Waals surface area (Å²) in [7, 11) is 0. The molecule has 0 saturated carbocycles. The van der Waals surface area contributed by atoms with Crippen LogP contribution in [0.1, 0.15) is 182 Å². The topological polar surface area (TPSA) is 69.6 Å². The second-order valence-corrected chi connectivity index (χ2v) is 12.7. The average Bonchev–Trinajstić information content (AvgIpc) is 2.95.